The lowest BCUT2D eigenvalue weighted by atomic mass is 9.96. The number of aromatic nitrogens is 1. The first-order valence-corrected chi connectivity index (χ1v) is 29.9. The lowest BCUT2D eigenvalue weighted by Crippen LogP contribution is -2.61. The summed E-state index contributed by atoms with van der Waals surface area (Å²) < 4.78 is 0. The molecule has 29 nitrogen and oxygen atoms in total. The molecule has 3 aromatic rings. The van der Waals surface area contributed by atoms with Gasteiger partial charge in [0.2, 0.25) is 65.0 Å². The summed E-state index contributed by atoms with van der Waals surface area (Å²) in [6, 6.07) is 0.698. The number of nitrogens with one attached hydrogen (secondary N) is 11. The quantitative estimate of drug-likeness (QED) is 0.0450. The number of benzene rings is 2. The summed E-state index contributed by atoms with van der Waals surface area (Å²) in [6.45, 7) is 3.58. The smallest absolute Gasteiger partial charge is 0.246 e. The van der Waals surface area contributed by atoms with Gasteiger partial charge in [0.25, 0.3) is 0 Å². The summed E-state index contributed by atoms with van der Waals surface area (Å²) in [6.07, 6.45) is -2.98. The van der Waals surface area contributed by atoms with E-state index in [0.717, 1.165) is 22.2 Å². The van der Waals surface area contributed by atoms with Gasteiger partial charge in [-0.1, -0.05) is 30.3 Å². The summed E-state index contributed by atoms with van der Waals surface area (Å²) in [5.41, 5.74) is 5.42. The molecule has 0 spiro atoms. The van der Waals surface area contributed by atoms with Gasteiger partial charge in [-0.25, -0.2) is 0 Å². The number of H-pyrrole nitrogens is 1. The Morgan fingerprint density at radius 2 is 1.47 bits per heavy atom. The van der Waals surface area contributed by atoms with E-state index < -0.39 is 163 Å². The van der Waals surface area contributed by atoms with Crippen LogP contribution in [0, 0.1) is 0 Å². The highest BCUT2D eigenvalue weighted by molar-refractivity contribution is 7.99. The van der Waals surface area contributed by atoms with E-state index in [1.165, 1.54) is 27.7 Å². The maximum absolute atomic E-state index is 14.8. The van der Waals surface area contributed by atoms with Gasteiger partial charge in [0.05, 0.1) is 36.0 Å². The van der Waals surface area contributed by atoms with Crippen LogP contribution in [0.1, 0.15) is 90.2 Å². The summed E-state index contributed by atoms with van der Waals surface area (Å²) in [4.78, 5) is 157. The highest BCUT2D eigenvalue weighted by atomic mass is 32.2. The maximum Gasteiger partial charge on any atom is 0.246 e. The molecule has 0 aliphatic carbocycles. The van der Waals surface area contributed by atoms with E-state index >= 15 is 0 Å². The minimum atomic E-state index is -2.01. The SMILES string of the molecule is CC(O)[C@H]1NC(=O)[C@H](C)NC(=O)[C@H](C[C@@](C)(O)CO)NC(=O)[C@@H]2Cc3c([nH]c4ccc(NC(=O)CCCNC(=O)C(CCCCN)NC(=O)[C@@H](Cc5ccccc5)NC(=O)CCO)cc34)SC[C@@H](NC1=O)C(=O)N1C[C@H](O)C[C@H]1C(=O)N[C@@H](C)C(=O)N2. The van der Waals surface area contributed by atoms with E-state index in [1.54, 1.807) is 48.5 Å². The summed E-state index contributed by atoms with van der Waals surface area (Å²) in [7, 11) is 0. The second-order valence-corrected chi connectivity index (χ2v) is 23.4. The molecule has 0 radical (unpaired) electrons. The third-order valence-corrected chi connectivity index (χ3v) is 16.1. The van der Waals surface area contributed by atoms with Crippen molar-refractivity contribution in [3.8, 4) is 0 Å². The molecule has 3 aliphatic heterocycles. The monoisotopic (exact) mass is 1240 g/mol. The van der Waals surface area contributed by atoms with Crippen molar-refractivity contribution in [1.82, 2.24) is 57.7 Å². The minimum absolute atomic E-state index is 0.00555. The highest BCUT2D eigenvalue weighted by Crippen LogP contribution is 2.34. The van der Waals surface area contributed by atoms with E-state index in [4.69, 9.17) is 5.73 Å². The topological polar surface area (TPSA) is 454 Å². The van der Waals surface area contributed by atoms with Crippen LogP contribution < -0.4 is 58.9 Å². The van der Waals surface area contributed by atoms with Crippen molar-refractivity contribution in [3.05, 3.63) is 59.7 Å². The Balaban J connectivity index is 1.31. The predicted octanol–water partition coefficient (Wildman–Crippen LogP) is -4.19. The Kier molecular flexibility index (Phi) is 25.0. The number of thioether (sulfide) groups is 1. The van der Waals surface area contributed by atoms with E-state index in [-0.39, 0.29) is 68.1 Å². The Hall–Kier alpha value is -7.74. The second kappa shape index (κ2) is 31.8. The molecule has 2 unspecified atom stereocenters. The van der Waals surface area contributed by atoms with Crippen molar-refractivity contribution in [2.45, 2.75) is 169 Å². The molecule has 2 aromatic carbocycles. The van der Waals surface area contributed by atoms with Gasteiger partial charge in [-0.2, -0.15) is 0 Å². The molecule has 4 heterocycles. The first kappa shape index (κ1) is 68.4. The number of aliphatic hydroxyl groups excluding tert-OH is 4. The molecule has 1 saturated heterocycles. The molecule has 2 bridgehead atoms. The molecule has 18 N–H and O–H groups in total. The summed E-state index contributed by atoms with van der Waals surface area (Å²) in [5.74, 6) is -9.27. The van der Waals surface area contributed by atoms with Gasteiger partial charge in [-0.05, 0) is 89.2 Å². The highest BCUT2D eigenvalue weighted by Gasteiger charge is 2.44. The van der Waals surface area contributed by atoms with Crippen LogP contribution in [-0.2, 0) is 65.6 Å². The van der Waals surface area contributed by atoms with Crippen LogP contribution in [-0.4, -0.2) is 211 Å². The normalized spacial score (nSPS) is 24.2. The average Bonchev–Trinajstić information content (AvgIpc) is 3.82. The van der Waals surface area contributed by atoms with Crippen LogP contribution in [0.4, 0.5) is 5.69 Å². The van der Waals surface area contributed by atoms with Crippen LogP contribution in [0.3, 0.4) is 0 Å². The fourth-order valence-electron chi connectivity index (χ4n) is 10.1. The van der Waals surface area contributed by atoms with Crippen LogP contribution in [0.25, 0.3) is 10.9 Å². The molecule has 87 heavy (non-hydrogen) atoms. The van der Waals surface area contributed by atoms with Crippen LogP contribution in [0.5, 0.6) is 0 Å². The Labute approximate surface area is 506 Å². The van der Waals surface area contributed by atoms with Crippen molar-refractivity contribution < 1.29 is 78.3 Å². The fourth-order valence-corrected chi connectivity index (χ4v) is 11.2. The van der Waals surface area contributed by atoms with Crippen LogP contribution in [0.2, 0.25) is 0 Å². The number of carbonyl (C=O) groups is 11. The maximum atomic E-state index is 14.8. The third-order valence-electron chi connectivity index (χ3n) is 15.0. The number of carbonyl (C=O) groups excluding carboxylic acids is 11. The lowest BCUT2D eigenvalue weighted by Gasteiger charge is -2.31. The largest absolute Gasteiger partial charge is 0.396 e. The molecule has 6 rings (SSSR count). The first-order chi connectivity index (χ1) is 41.3. The van der Waals surface area contributed by atoms with Gasteiger partial charge >= 0.3 is 0 Å². The Bertz CT molecular complexity index is 2980. The molecule has 30 heteroatoms. The molecule has 3 aliphatic rings. The number of aromatic amines is 1. The number of nitrogens with zero attached hydrogens (tertiary/aromatic N) is 1. The number of fused-ring (bicyclic) bond motifs is 5. The van der Waals surface area contributed by atoms with E-state index in [2.05, 4.69) is 58.2 Å². The zero-order valence-corrected chi connectivity index (χ0v) is 49.8. The number of rotatable bonds is 21. The van der Waals surface area contributed by atoms with E-state index in [0.29, 0.717) is 35.9 Å². The molecule has 12 atom stereocenters. The van der Waals surface area contributed by atoms with E-state index in [1.807, 2.05) is 0 Å². The number of nitrogens with two attached hydrogens (primary N) is 1. The Morgan fingerprint density at radius 1 is 0.782 bits per heavy atom. The lowest BCUT2D eigenvalue weighted by molar-refractivity contribution is -0.142. The zero-order valence-electron chi connectivity index (χ0n) is 48.9. The number of aliphatic hydroxyl groups is 5. The summed E-state index contributed by atoms with van der Waals surface area (Å²) in [5, 5.41) is 78.9. The molecule has 1 fully saturated rings. The van der Waals surface area contributed by atoms with Crippen molar-refractivity contribution in [3.63, 3.8) is 0 Å². The molecule has 11 amide bonds. The number of amides is 11. The predicted molar refractivity (Wildman–Crippen MR) is 315 cm³/mol. The second-order valence-electron chi connectivity index (χ2n) is 22.4. The molecule has 476 valence electrons. The Morgan fingerprint density at radius 3 is 2.15 bits per heavy atom. The fraction of sp³-hybridized carbons (Fsp3) is 0.561. The average molecular weight is 1240 g/mol. The van der Waals surface area contributed by atoms with E-state index in [9.17, 15) is 78.3 Å². The van der Waals surface area contributed by atoms with Crippen molar-refractivity contribution in [2.24, 2.45) is 5.73 Å². The van der Waals surface area contributed by atoms with Gasteiger partial charge in [0.15, 0.2) is 0 Å². The van der Waals surface area contributed by atoms with Crippen molar-refractivity contribution >= 4 is 93.3 Å². The molecule has 1 aromatic heterocycles. The summed E-state index contributed by atoms with van der Waals surface area (Å²) >= 11 is 0.960. The van der Waals surface area contributed by atoms with Crippen molar-refractivity contribution in [1.29, 1.82) is 0 Å². The van der Waals surface area contributed by atoms with Crippen molar-refractivity contribution in [2.75, 3.05) is 43.9 Å². The zero-order chi connectivity index (χ0) is 63.7. The van der Waals surface area contributed by atoms with Gasteiger partial charge in [-0.15, -0.1) is 11.8 Å². The number of anilines is 1. The molecular formula is C57H81N13O16S. The minimum Gasteiger partial charge on any atom is -0.396 e. The van der Waals surface area contributed by atoms with Gasteiger partial charge in [0.1, 0.15) is 54.4 Å². The third kappa shape index (κ3) is 19.4. The molecule has 0 saturated carbocycles. The number of unbranched alkanes of at least 4 members (excludes halogenated alkanes) is 1. The number of hydrogen-bond donors (Lipinski definition) is 17. The van der Waals surface area contributed by atoms with Crippen LogP contribution >= 0.6 is 11.8 Å². The number of hydrogen-bond acceptors (Lipinski definition) is 18. The first-order valence-electron chi connectivity index (χ1n) is 28.9. The van der Waals surface area contributed by atoms with Gasteiger partial charge < -0.3 is 94.3 Å². The standard InChI is InChI=1S/C57H81N13O16S/c1-29-47(77)65-40-24-36-35-22-33(62-44(75)14-10-19-59-49(79)38(13-8-9-18-58)64-50(80)39(63-45(76)17-20-71)21-32-11-6-5-7-12-32)15-16-37(35)68-55(36)87-27-42(56(85)70-26-34(74)23-43(70)53(83)61-29)67-54(84)46(31(3)73)69-48(78)30(2)60-52(82)41(66-51(40)81)25-57(4,86)28-72/h5-7,11-12,15-16,22,29-31,34,38-43,46,68,71-74,86H,8-10,13-14,17-21,23-28,58H2,1-4H3,(H,59,79)(H,60,82)(H,61,83)(H,62,75)(H,63,76)(H,64,80)(H,65,77)(H,66,81)(H,67,84)(H,69,78)/t29-,30-,31?,34+,38?,39+,40-,41-,42+,43-,46+,57+/m0/s1. The van der Waals surface area contributed by atoms with Gasteiger partial charge in [-0.3, -0.25) is 52.7 Å². The molecular weight excluding hydrogens is 1150 g/mol. The van der Waals surface area contributed by atoms with Gasteiger partial charge in [0, 0.05) is 74.0 Å². The van der Waals surface area contributed by atoms with Crippen LogP contribution in [0.15, 0.2) is 53.6 Å².